The van der Waals surface area contributed by atoms with Crippen molar-refractivity contribution < 1.29 is 23.1 Å². The summed E-state index contributed by atoms with van der Waals surface area (Å²) in [6.45, 7) is 0. The van der Waals surface area contributed by atoms with Gasteiger partial charge in [-0.25, -0.2) is 4.39 Å². The Labute approximate surface area is 202 Å². The van der Waals surface area contributed by atoms with Crippen molar-refractivity contribution in [3.63, 3.8) is 0 Å². The zero-order chi connectivity index (χ0) is 25.0. The van der Waals surface area contributed by atoms with Gasteiger partial charge < -0.3 is 18.9 Å². The monoisotopic (exact) mass is 483 g/mol. The molecule has 3 heterocycles. The lowest BCUT2D eigenvalue weighted by atomic mass is 9.85. The Bertz CT molecular complexity index is 1820. The molecule has 2 aromatic heterocycles. The summed E-state index contributed by atoms with van der Waals surface area (Å²) in [4.78, 5) is 41.8. The minimum absolute atomic E-state index is 0.0700. The van der Waals surface area contributed by atoms with Crippen molar-refractivity contribution >= 4 is 27.8 Å². The number of pyridine rings is 1. The molecule has 0 radical (unpaired) electrons. The van der Waals surface area contributed by atoms with Gasteiger partial charge in [0.05, 0.1) is 24.5 Å². The van der Waals surface area contributed by atoms with Crippen LogP contribution in [0.15, 0.2) is 80.9 Å². The molecule has 0 amide bonds. The number of benzene rings is 3. The molecule has 0 spiro atoms. The molecule has 1 atom stereocenters. The summed E-state index contributed by atoms with van der Waals surface area (Å²) in [6.07, 6.45) is 1.08. The number of rotatable bonds is 3. The Morgan fingerprint density at radius 2 is 1.83 bits per heavy atom. The molecule has 0 aliphatic carbocycles. The van der Waals surface area contributed by atoms with Gasteiger partial charge >= 0.3 is 5.97 Å². The Balaban J connectivity index is 1.59. The molecule has 6 rings (SSSR count). The maximum Gasteiger partial charge on any atom is 0.312 e. The summed E-state index contributed by atoms with van der Waals surface area (Å²) in [5.41, 5.74) is 0.910. The number of hydrogen-bond acceptors (Lipinski definition) is 6. The molecule has 3 aromatic carbocycles. The predicted octanol–water partition coefficient (Wildman–Crippen LogP) is 4.89. The summed E-state index contributed by atoms with van der Waals surface area (Å²) in [5.74, 6) is -0.974. The molecule has 0 bridgehead atoms. The molecule has 5 aromatic rings. The fraction of sp³-hybridized carbons (Fsp3) is 0.107. The van der Waals surface area contributed by atoms with Gasteiger partial charge in [-0.15, -0.1) is 0 Å². The Morgan fingerprint density at radius 3 is 2.64 bits per heavy atom. The maximum absolute atomic E-state index is 14.4. The first-order valence-corrected chi connectivity index (χ1v) is 11.2. The number of aromatic nitrogens is 1. The van der Waals surface area contributed by atoms with Crippen LogP contribution in [0.1, 0.15) is 23.5 Å². The summed E-state index contributed by atoms with van der Waals surface area (Å²) in [5, 5.41) is 0.907. The zero-order valence-electron chi connectivity index (χ0n) is 19.0. The fourth-order valence-corrected chi connectivity index (χ4v) is 4.77. The van der Waals surface area contributed by atoms with Crippen molar-refractivity contribution in [3.05, 3.63) is 104 Å². The Kier molecular flexibility index (Phi) is 4.96. The van der Waals surface area contributed by atoms with Crippen LogP contribution in [-0.2, 0) is 4.79 Å². The van der Waals surface area contributed by atoms with Crippen molar-refractivity contribution in [1.29, 1.82) is 0 Å². The van der Waals surface area contributed by atoms with Crippen LogP contribution in [0, 0.1) is 5.82 Å². The maximum atomic E-state index is 14.4. The molecule has 0 saturated heterocycles. The second-order valence-electron chi connectivity index (χ2n) is 8.55. The van der Waals surface area contributed by atoms with E-state index in [1.807, 2.05) is 0 Å². The number of fused-ring (bicyclic) bond motifs is 4. The van der Waals surface area contributed by atoms with Crippen molar-refractivity contribution in [1.82, 2.24) is 4.98 Å². The van der Waals surface area contributed by atoms with E-state index < -0.39 is 23.1 Å². The minimum Gasteiger partial charge on any atom is -0.497 e. The minimum atomic E-state index is -0.730. The number of esters is 1. The van der Waals surface area contributed by atoms with Crippen LogP contribution in [-0.4, -0.2) is 18.1 Å². The second kappa shape index (κ2) is 8.20. The molecule has 1 aliphatic rings. The van der Waals surface area contributed by atoms with E-state index in [9.17, 15) is 18.8 Å². The highest BCUT2D eigenvalue weighted by Crippen LogP contribution is 2.42. The highest BCUT2D eigenvalue weighted by atomic mass is 19.1. The van der Waals surface area contributed by atoms with Crippen LogP contribution in [0.2, 0.25) is 0 Å². The smallest absolute Gasteiger partial charge is 0.312 e. The molecule has 1 N–H and O–H groups in total. The quantitative estimate of drug-likeness (QED) is 0.290. The van der Waals surface area contributed by atoms with Gasteiger partial charge in [0, 0.05) is 33.5 Å². The molecule has 178 valence electrons. The topological polar surface area (TPSA) is 98.6 Å². The van der Waals surface area contributed by atoms with E-state index in [0.717, 1.165) is 0 Å². The molecule has 1 aliphatic heterocycles. The lowest BCUT2D eigenvalue weighted by molar-refractivity contribution is -0.135. The first-order valence-electron chi connectivity index (χ1n) is 11.2. The van der Waals surface area contributed by atoms with Crippen molar-refractivity contribution in [2.24, 2.45) is 0 Å². The van der Waals surface area contributed by atoms with E-state index >= 15 is 0 Å². The third-order valence-corrected chi connectivity index (χ3v) is 6.50. The molecule has 0 fully saturated rings. The van der Waals surface area contributed by atoms with Gasteiger partial charge in [-0.2, -0.15) is 0 Å². The molecular weight excluding hydrogens is 465 g/mol. The standard InChI is InChI=1S/C28H18FNO6/c1-34-15-6-8-22-14(10-15)11-19(28(33)30-22)18-12-24(31)36-23-9-7-17-26(32)20(13-35-27(17)25(18)23)16-4-2-3-5-21(16)29/h2-11,13,18H,12H2,1H3,(H,30,33)/t18-/m0/s1. The summed E-state index contributed by atoms with van der Waals surface area (Å²) in [7, 11) is 1.55. The summed E-state index contributed by atoms with van der Waals surface area (Å²) >= 11 is 0. The van der Waals surface area contributed by atoms with E-state index in [4.69, 9.17) is 13.9 Å². The Morgan fingerprint density at radius 1 is 1.00 bits per heavy atom. The number of H-pyrrole nitrogens is 1. The number of halogens is 1. The molecule has 0 saturated carbocycles. The van der Waals surface area contributed by atoms with Crippen LogP contribution in [0.5, 0.6) is 11.5 Å². The third-order valence-electron chi connectivity index (χ3n) is 6.50. The van der Waals surface area contributed by atoms with E-state index in [1.54, 1.807) is 37.4 Å². The van der Waals surface area contributed by atoms with Crippen molar-refractivity contribution in [3.8, 4) is 22.6 Å². The van der Waals surface area contributed by atoms with Gasteiger partial charge in [-0.1, -0.05) is 18.2 Å². The lowest BCUT2D eigenvalue weighted by Gasteiger charge is -2.25. The van der Waals surface area contributed by atoms with E-state index in [2.05, 4.69) is 4.98 Å². The SMILES string of the molecule is COc1ccc2[nH]c(=O)c([C@@H]3CC(=O)Oc4ccc5c(=O)c(-c6ccccc6F)coc5c43)cc2c1. The number of carbonyl (C=O) groups excluding carboxylic acids is 1. The lowest BCUT2D eigenvalue weighted by Crippen LogP contribution is -2.26. The van der Waals surface area contributed by atoms with E-state index in [0.29, 0.717) is 27.8 Å². The van der Waals surface area contributed by atoms with E-state index in [1.165, 1.54) is 36.6 Å². The van der Waals surface area contributed by atoms with Gasteiger partial charge in [0.2, 0.25) is 5.43 Å². The first kappa shape index (κ1) is 21.8. The van der Waals surface area contributed by atoms with E-state index in [-0.39, 0.29) is 39.8 Å². The van der Waals surface area contributed by atoms with Crippen molar-refractivity contribution in [2.45, 2.75) is 12.3 Å². The highest BCUT2D eigenvalue weighted by molar-refractivity contribution is 5.90. The zero-order valence-corrected chi connectivity index (χ0v) is 19.0. The van der Waals surface area contributed by atoms with Crippen LogP contribution < -0.4 is 20.5 Å². The van der Waals surface area contributed by atoms with Crippen LogP contribution in [0.3, 0.4) is 0 Å². The largest absolute Gasteiger partial charge is 0.497 e. The van der Waals surface area contributed by atoms with Gasteiger partial charge in [-0.05, 0) is 42.5 Å². The number of ether oxygens (including phenoxy) is 2. The third kappa shape index (κ3) is 3.38. The van der Waals surface area contributed by atoms with Crippen LogP contribution in [0.25, 0.3) is 33.0 Å². The van der Waals surface area contributed by atoms with Crippen molar-refractivity contribution in [2.75, 3.05) is 7.11 Å². The predicted molar refractivity (Wildman–Crippen MR) is 131 cm³/mol. The molecule has 8 heteroatoms. The average molecular weight is 483 g/mol. The number of methoxy groups -OCH3 is 1. The first-order chi connectivity index (χ1) is 17.4. The molecular formula is C28H18FNO6. The Hall–Kier alpha value is -4.72. The summed E-state index contributed by atoms with van der Waals surface area (Å²) < 4.78 is 31.0. The number of hydrogen-bond donors (Lipinski definition) is 1. The highest BCUT2D eigenvalue weighted by Gasteiger charge is 2.34. The van der Waals surface area contributed by atoms with Crippen LogP contribution >= 0.6 is 0 Å². The van der Waals surface area contributed by atoms with Gasteiger partial charge in [0.1, 0.15) is 29.2 Å². The number of carbonyl (C=O) groups is 1. The molecule has 0 unspecified atom stereocenters. The van der Waals surface area contributed by atoms with Gasteiger partial charge in [-0.3, -0.25) is 14.4 Å². The number of aromatic amines is 1. The fourth-order valence-electron chi connectivity index (χ4n) is 4.77. The second-order valence-corrected chi connectivity index (χ2v) is 8.55. The number of nitrogens with one attached hydrogen (secondary N) is 1. The van der Waals surface area contributed by atoms with Gasteiger partial charge in [0.25, 0.3) is 5.56 Å². The van der Waals surface area contributed by atoms with Gasteiger partial charge in [0.15, 0.2) is 0 Å². The van der Waals surface area contributed by atoms with Crippen LogP contribution in [0.4, 0.5) is 4.39 Å². The normalized spacial score (nSPS) is 15.1. The molecule has 7 nitrogen and oxygen atoms in total. The summed E-state index contributed by atoms with van der Waals surface area (Å²) in [6, 6.07) is 15.9. The molecule has 36 heavy (non-hydrogen) atoms. The average Bonchev–Trinajstić information content (AvgIpc) is 2.88.